The lowest BCUT2D eigenvalue weighted by molar-refractivity contribution is -0.161. The fraction of sp³-hybridized carbons (Fsp3) is 0.747. The van der Waals surface area contributed by atoms with Crippen LogP contribution in [0.3, 0.4) is 0 Å². The van der Waals surface area contributed by atoms with Crippen LogP contribution in [0.1, 0.15) is 362 Å². The molecule has 0 aromatic rings. The zero-order chi connectivity index (χ0) is 77.4. The second-order valence-electron chi connectivity index (χ2n) is 28.0. The highest BCUT2D eigenvalue weighted by Gasteiger charge is 2.30. The van der Waals surface area contributed by atoms with Gasteiger partial charge in [0, 0.05) is 25.7 Å². The van der Waals surface area contributed by atoms with Gasteiger partial charge in [0.25, 0.3) is 0 Å². The van der Waals surface area contributed by atoms with Gasteiger partial charge in [-0.05, 0) is 128 Å². The summed E-state index contributed by atoms with van der Waals surface area (Å²) in [4.78, 5) is 73.2. The molecule has 0 aliphatic rings. The Morgan fingerprint density at radius 2 is 0.491 bits per heavy atom. The van der Waals surface area contributed by atoms with Gasteiger partial charge in [-0.25, -0.2) is 9.13 Å². The number of esters is 4. The number of phosphoric ester groups is 2. The third-order valence-electron chi connectivity index (χ3n) is 17.7. The Kier molecular flexibility index (Phi) is 75.6. The van der Waals surface area contributed by atoms with Crippen molar-refractivity contribution in [3.63, 3.8) is 0 Å². The van der Waals surface area contributed by atoms with Crippen molar-refractivity contribution < 1.29 is 80.2 Å². The highest BCUT2D eigenvalue weighted by atomic mass is 31.2. The largest absolute Gasteiger partial charge is 0.472 e. The van der Waals surface area contributed by atoms with Crippen molar-refractivity contribution in [3.8, 4) is 0 Å². The quantitative estimate of drug-likeness (QED) is 0.0169. The summed E-state index contributed by atoms with van der Waals surface area (Å²) in [7, 11) is -9.97. The Morgan fingerprint density at radius 3 is 0.774 bits per heavy atom. The molecule has 0 bridgehead atoms. The molecular formula is C87H152O17P2. The zero-order valence-electron chi connectivity index (χ0n) is 67.1. The number of rotatable bonds is 79. The summed E-state index contributed by atoms with van der Waals surface area (Å²) in [6.45, 7) is 4.65. The lowest BCUT2D eigenvalue weighted by atomic mass is 10.0. The van der Waals surface area contributed by atoms with Crippen molar-refractivity contribution in [2.45, 2.75) is 380 Å². The number of allylic oxidation sites excluding steroid dienone is 18. The molecule has 5 unspecified atom stereocenters. The topological polar surface area (TPSA) is 237 Å². The van der Waals surface area contributed by atoms with Gasteiger partial charge < -0.3 is 33.8 Å². The van der Waals surface area contributed by atoms with Crippen LogP contribution in [0, 0.1) is 0 Å². The van der Waals surface area contributed by atoms with E-state index in [0.717, 1.165) is 180 Å². The summed E-state index contributed by atoms with van der Waals surface area (Å²) < 4.78 is 68.8. The van der Waals surface area contributed by atoms with E-state index in [4.69, 9.17) is 37.0 Å². The van der Waals surface area contributed by atoms with Crippen molar-refractivity contribution in [1.29, 1.82) is 0 Å². The number of ether oxygens (including phenoxy) is 4. The van der Waals surface area contributed by atoms with Gasteiger partial charge in [0.1, 0.15) is 19.3 Å². The van der Waals surface area contributed by atoms with Gasteiger partial charge in [-0.2, -0.15) is 0 Å². The molecule has 0 aromatic heterocycles. The number of phosphoric acid groups is 2. The SMILES string of the molecule is CC/C=C\C/C=C\C/C=C\C/C=C\C/C=C\CCCCCC(=O)OCC(COP(=O)(O)OCC(O)COP(=O)(O)OCC(COC(=O)CCCCCCC/C=C\CCCCCCCC)OC(=O)CCCCCCCCCCCCCCCCC)OC(=O)CCCCCCCCC/C=C\C/C=C\C/C=C\CC. The van der Waals surface area contributed by atoms with E-state index < -0.39 is 97.5 Å². The van der Waals surface area contributed by atoms with Gasteiger partial charge in [0.15, 0.2) is 12.2 Å². The van der Waals surface area contributed by atoms with E-state index in [1.54, 1.807) is 0 Å². The average Bonchev–Trinajstić information content (AvgIpc) is 0.902. The number of carbonyl (C=O) groups is 4. The maximum atomic E-state index is 13.1. The Hall–Kier alpha value is -4.28. The summed E-state index contributed by atoms with van der Waals surface area (Å²) in [6.07, 6.45) is 86.2. The lowest BCUT2D eigenvalue weighted by Crippen LogP contribution is -2.30. The van der Waals surface area contributed by atoms with Crippen LogP contribution in [-0.2, 0) is 65.4 Å². The highest BCUT2D eigenvalue weighted by Crippen LogP contribution is 2.45. The Balaban J connectivity index is 5.40. The normalized spacial score (nSPS) is 14.4. The molecule has 0 radical (unpaired) electrons. The molecule has 0 saturated heterocycles. The van der Waals surface area contributed by atoms with E-state index in [1.165, 1.54) is 103 Å². The Morgan fingerprint density at radius 1 is 0.274 bits per heavy atom. The molecule has 19 heteroatoms. The van der Waals surface area contributed by atoms with Crippen molar-refractivity contribution >= 4 is 39.5 Å². The van der Waals surface area contributed by atoms with Crippen LogP contribution in [-0.4, -0.2) is 96.7 Å². The second kappa shape index (κ2) is 78.8. The van der Waals surface area contributed by atoms with Crippen LogP contribution in [0.25, 0.3) is 0 Å². The number of hydrogen-bond acceptors (Lipinski definition) is 15. The van der Waals surface area contributed by atoms with E-state index >= 15 is 0 Å². The van der Waals surface area contributed by atoms with E-state index in [1.807, 2.05) is 0 Å². The number of unbranched alkanes of at least 4 members (excludes halogenated alkanes) is 35. The molecule has 0 aliphatic heterocycles. The molecule has 5 atom stereocenters. The Labute approximate surface area is 645 Å². The molecule has 0 rings (SSSR count). The lowest BCUT2D eigenvalue weighted by Gasteiger charge is -2.21. The van der Waals surface area contributed by atoms with E-state index in [2.05, 4.69) is 137 Å². The summed E-state index contributed by atoms with van der Waals surface area (Å²) in [5.41, 5.74) is 0. The number of carbonyl (C=O) groups excluding carboxylic acids is 4. The van der Waals surface area contributed by atoms with E-state index in [0.29, 0.717) is 25.7 Å². The third kappa shape index (κ3) is 77.9. The van der Waals surface area contributed by atoms with Crippen LogP contribution in [0.15, 0.2) is 109 Å². The molecule has 106 heavy (non-hydrogen) atoms. The predicted molar refractivity (Wildman–Crippen MR) is 436 cm³/mol. The summed E-state index contributed by atoms with van der Waals surface area (Å²) in [6, 6.07) is 0. The van der Waals surface area contributed by atoms with Gasteiger partial charge in [-0.3, -0.25) is 37.3 Å². The van der Waals surface area contributed by atoms with Crippen LogP contribution in [0.2, 0.25) is 0 Å². The fourth-order valence-electron chi connectivity index (χ4n) is 11.4. The van der Waals surface area contributed by atoms with Gasteiger partial charge in [-0.15, -0.1) is 0 Å². The molecule has 612 valence electrons. The maximum absolute atomic E-state index is 13.1. The molecule has 0 fully saturated rings. The molecule has 0 aliphatic carbocycles. The first-order valence-corrected chi connectivity index (χ1v) is 45.1. The molecule has 0 spiro atoms. The van der Waals surface area contributed by atoms with Crippen molar-refractivity contribution in [2.75, 3.05) is 39.6 Å². The van der Waals surface area contributed by atoms with Gasteiger partial charge in [-0.1, -0.05) is 317 Å². The van der Waals surface area contributed by atoms with Crippen LogP contribution < -0.4 is 0 Å². The van der Waals surface area contributed by atoms with Crippen LogP contribution in [0.4, 0.5) is 0 Å². The van der Waals surface area contributed by atoms with Gasteiger partial charge in [0.2, 0.25) is 0 Å². The van der Waals surface area contributed by atoms with Crippen molar-refractivity contribution in [3.05, 3.63) is 109 Å². The molecule has 0 heterocycles. The molecule has 0 aromatic carbocycles. The third-order valence-corrected chi connectivity index (χ3v) is 19.6. The minimum Gasteiger partial charge on any atom is -0.462 e. The second-order valence-corrected chi connectivity index (χ2v) is 30.9. The van der Waals surface area contributed by atoms with Crippen molar-refractivity contribution in [2.24, 2.45) is 0 Å². The first kappa shape index (κ1) is 102. The van der Waals surface area contributed by atoms with Gasteiger partial charge >= 0.3 is 39.5 Å². The monoisotopic (exact) mass is 1530 g/mol. The van der Waals surface area contributed by atoms with Crippen LogP contribution in [0.5, 0.6) is 0 Å². The first-order chi connectivity index (χ1) is 51.7. The summed E-state index contributed by atoms with van der Waals surface area (Å²) >= 11 is 0. The van der Waals surface area contributed by atoms with Gasteiger partial charge in [0.05, 0.1) is 26.4 Å². The zero-order valence-corrected chi connectivity index (χ0v) is 68.9. The summed E-state index contributed by atoms with van der Waals surface area (Å²) in [5, 5.41) is 10.7. The smallest absolute Gasteiger partial charge is 0.462 e. The average molecular weight is 1530 g/mol. The van der Waals surface area contributed by atoms with E-state index in [-0.39, 0.29) is 25.7 Å². The number of hydrogen-bond donors (Lipinski definition) is 3. The molecular weight excluding hydrogens is 1380 g/mol. The number of aliphatic hydroxyl groups excluding tert-OH is 1. The number of aliphatic hydroxyl groups is 1. The molecule has 17 nitrogen and oxygen atoms in total. The standard InChI is InChI=1S/C87H152O17P2/c1-5-9-13-17-21-25-29-33-37-39-40-42-45-48-52-56-60-64-68-72-85(90)98-78-83(104-87(92)74-70-66-62-58-54-50-46-41-38-34-30-26-22-18-14-10-6-2)80-102-106(95,96)100-76-81(88)75-99-105(93,94)101-79-82(103-86(91)73-69-65-61-57-53-49-44-36-32-28-24-20-16-12-8-4)77-97-84(89)71-67-63-59-55-51-47-43-35-31-27-23-19-15-11-7-3/h9-10,13-14,21-22,25-26,33-35,37-38,40,42-43,48,52,81-83,88H,5-8,11-12,15-20,23-24,27-32,36,39,41,44-47,49-51,53-80H2,1-4H3,(H,93,94)(H,95,96)/b13-9-,14-10-,25-21-,26-22-,37-33-,38-34-,42-40-,43-35-,52-48-. The maximum Gasteiger partial charge on any atom is 0.472 e. The van der Waals surface area contributed by atoms with E-state index in [9.17, 15) is 43.2 Å². The first-order valence-electron chi connectivity index (χ1n) is 42.1. The minimum atomic E-state index is -4.99. The predicted octanol–water partition coefficient (Wildman–Crippen LogP) is 24.9. The van der Waals surface area contributed by atoms with Crippen molar-refractivity contribution in [1.82, 2.24) is 0 Å². The fourth-order valence-corrected chi connectivity index (χ4v) is 13.0. The molecule has 0 amide bonds. The Bertz CT molecular complexity index is 2430. The minimum absolute atomic E-state index is 0.0749. The highest BCUT2D eigenvalue weighted by molar-refractivity contribution is 7.47. The molecule has 0 saturated carbocycles. The molecule has 3 N–H and O–H groups in total. The van der Waals surface area contributed by atoms with Crippen LogP contribution >= 0.6 is 15.6 Å². The summed E-state index contributed by atoms with van der Waals surface area (Å²) in [5.74, 6) is -2.21.